The Labute approximate surface area is 155 Å². The minimum atomic E-state index is 0.195. The van der Waals surface area contributed by atoms with E-state index in [1.54, 1.807) is 11.3 Å². The van der Waals surface area contributed by atoms with Gasteiger partial charge in [0.05, 0.1) is 10.7 Å². The topological polar surface area (TPSA) is 33.2 Å². The first-order valence-corrected chi connectivity index (χ1v) is 10.2. The van der Waals surface area contributed by atoms with Crippen LogP contribution in [0.1, 0.15) is 59.0 Å². The van der Waals surface area contributed by atoms with E-state index in [9.17, 15) is 4.79 Å². The fraction of sp³-hybridized carbons (Fsp3) is 0.524. The molecule has 0 bridgehead atoms. The molecule has 0 spiro atoms. The molecule has 25 heavy (non-hydrogen) atoms. The van der Waals surface area contributed by atoms with Gasteiger partial charge in [-0.2, -0.15) is 0 Å². The van der Waals surface area contributed by atoms with Crippen LogP contribution in [0.5, 0.6) is 0 Å². The van der Waals surface area contributed by atoms with Gasteiger partial charge in [0.2, 0.25) is 0 Å². The number of thiazole rings is 1. The Hall–Kier alpha value is -1.68. The molecule has 0 saturated carbocycles. The smallest absolute Gasteiger partial charge is 0.266 e. The van der Waals surface area contributed by atoms with Gasteiger partial charge in [-0.3, -0.25) is 4.79 Å². The molecule has 3 nitrogen and oxygen atoms in total. The molecule has 1 aliphatic rings. The Morgan fingerprint density at radius 2 is 2.08 bits per heavy atom. The maximum absolute atomic E-state index is 13.1. The summed E-state index contributed by atoms with van der Waals surface area (Å²) < 4.78 is 0. The van der Waals surface area contributed by atoms with Crippen LogP contribution in [0.15, 0.2) is 30.3 Å². The van der Waals surface area contributed by atoms with Gasteiger partial charge < -0.3 is 4.90 Å². The molecule has 1 unspecified atom stereocenters. The summed E-state index contributed by atoms with van der Waals surface area (Å²) in [4.78, 5) is 20.7. The Balaban J connectivity index is 1.67. The van der Waals surface area contributed by atoms with E-state index in [4.69, 9.17) is 0 Å². The molecular formula is C21H28N2OS. The average molecular weight is 357 g/mol. The van der Waals surface area contributed by atoms with Crippen molar-refractivity contribution in [1.82, 2.24) is 9.88 Å². The van der Waals surface area contributed by atoms with Crippen molar-refractivity contribution in [3.8, 4) is 0 Å². The van der Waals surface area contributed by atoms with E-state index in [0.29, 0.717) is 12.0 Å². The van der Waals surface area contributed by atoms with E-state index in [-0.39, 0.29) is 5.91 Å². The van der Waals surface area contributed by atoms with Crippen molar-refractivity contribution >= 4 is 17.2 Å². The zero-order valence-electron chi connectivity index (χ0n) is 15.5. The summed E-state index contributed by atoms with van der Waals surface area (Å²) in [5, 5.41) is 1.09. The summed E-state index contributed by atoms with van der Waals surface area (Å²) in [7, 11) is 0. The lowest BCUT2D eigenvalue weighted by Gasteiger charge is -2.24. The molecule has 1 amide bonds. The van der Waals surface area contributed by atoms with Crippen LogP contribution < -0.4 is 0 Å². The van der Waals surface area contributed by atoms with Crippen LogP contribution in [-0.2, 0) is 12.8 Å². The second-order valence-electron chi connectivity index (χ2n) is 7.44. The molecule has 4 heteroatoms. The van der Waals surface area contributed by atoms with Crippen molar-refractivity contribution < 1.29 is 4.79 Å². The Morgan fingerprint density at radius 3 is 2.80 bits per heavy atom. The zero-order chi connectivity index (χ0) is 17.8. The number of hydrogen-bond acceptors (Lipinski definition) is 3. The molecule has 2 heterocycles. The largest absolute Gasteiger partial charge is 0.335 e. The minimum absolute atomic E-state index is 0.195. The van der Waals surface area contributed by atoms with Crippen molar-refractivity contribution in [2.45, 2.75) is 58.9 Å². The molecule has 0 N–H and O–H groups in total. The maximum Gasteiger partial charge on any atom is 0.266 e. The summed E-state index contributed by atoms with van der Waals surface area (Å²) in [5.74, 6) is 0.763. The zero-order valence-corrected chi connectivity index (χ0v) is 16.3. The number of aryl methyl sites for hydroxylation is 2. The van der Waals surface area contributed by atoms with Gasteiger partial charge in [-0.25, -0.2) is 4.98 Å². The molecular weight excluding hydrogens is 328 g/mol. The Bertz CT molecular complexity index is 708. The number of amides is 1. The first-order chi connectivity index (χ1) is 12.0. The van der Waals surface area contributed by atoms with E-state index in [2.05, 4.69) is 54.1 Å². The predicted molar refractivity (Wildman–Crippen MR) is 104 cm³/mol. The number of likely N-dealkylation sites (tertiary alicyclic amines) is 1. The van der Waals surface area contributed by atoms with Crippen molar-refractivity contribution in [1.29, 1.82) is 0 Å². The van der Waals surface area contributed by atoms with Gasteiger partial charge in [0.15, 0.2) is 0 Å². The van der Waals surface area contributed by atoms with Gasteiger partial charge in [0.1, 0.15) is 4.88 Å². The van der Waals surface area contributed by atoms with Crippen molar-refractivity contribution in [2.75, 3.05) is 6.54 Å². The molecule has 2 aromatic rings. The van der Waals surface area contributed by atoms with E-state index in [1.165, 1.54) is 5.56 Å². The molecule has 3 rings (SSSR count). The lowest BCUT2D eigenvalue weighted by Crippen LogP contribution is -2.35. The standard InChI is InChI=1S/C21H28N2OS/c1-15(2)14-19-22-16(3)20(25-19)21(24)23-13-7-10-18(23)12-11-17-8-5-4-6-9-17/h4-6,8-9,15,18H,7,10-14H2,1-3H3. The number of nitrogens with zero attached hydrogens (tertiary/aromatic N) is 2. The number of carbonyl (C=O) groups is 1. The highest BCUT2D eigenvalue weighted by molar-refractivity contribution is 7.13. The van der Waals surface area contributed by atoms with E-state index in [1.807, 2.05) is 6.92 Å². The van der Waals surface area contributed by atoms with E-state index in [0.717, 1.165) is 54.2 Å². The highest BCUT2D eigenvalue weighted by Gasteiger charge is 2.31. The molecule has 134 valence electrons. The number of carbonyl (C=O) groups excluding carboxylic acids is 1. The summed E-state index contributed by atoms with van der Waals surface area (Å²) in [6, 6.07) is 10.9. The maximum atomic E-state index is 13.1. The summed E-state index contributed by atoms with van der Waals surface area (Å²) in [6.45, 7) is 7.24. The van der Waals surface area contributed by atoms with Gasteiger partial charge in [-0.15, -0.1) is 11.3 Å². The third-order valence-corrected chi connectivity index (χ3v) is 6.03. The predicted octanol–water partition coefficient (Wildman–Crippen LogP) is 4.89. The normalized spacial score (nSPS) is 17.4. The van der Waals surface area contributed by atoms with E-state index < -0.39 is 0 Å². The molecule has 1 saturated heterocycles. The fourth-order valence-corrected chi connectivity index (χ4v) is 4.83. The number of benzene rings is 1. The quantitative estimate of drug-likeness (QED) is 0.738. The molecule has 0 aliphatic carbocycles. The lowest BCUT2D eigenvalue weighted by molar-refractivity contribution is 0.0734. The fourth-order valence-electron chi connectivity index (χ4n) is 3.60. The monoisotopic (exact) mass is 356 g/mol. The van der Waals surface area contributed by atoms with Crippen LogP contribution >= 0.6 is 11.3 Å². The SMILES string of the molecule is Cc1nc(CC(C)C)sc1C(=O)N1CCCC1CCc1ccccc1. The van der Waals surface area contributed by atoms with Gasteiger partial charge in [-0.05, 0) is 44.1 Å². The molecule has 1 atom stereocenters. The molecule has 1 aromatic carbocycles. The van der Waals surface area contributed by atoms with Crippen LogP contribution in [0, 0.1) is 12.8 Å². The molecule has 1 fully saturated rings. The van der Waals surface area contributed by atoms with Crippen LogP contribution in [0.4, 0.5) is 0 Å². The van der Waals surface area contributed by atoms with Crippen molar-refractivity contribution in [3.05, 3.63) is 51.5 Å². The first kappa shape index (κ1) is 18.1. The molecule has 0 radical (unpaired) electrons. The van der Waals surface area contributed by atoms with Crippen molar-refractivity contribution in [3.63, 3.8) is 0 Å². The van der Waals surface area contributed by atoms with Crippen molar-refractivity contribution in [2.24, 2.45) is 5.92 Å². The summed E-state index contributed by atoms with van der Waals surface area (Å²) in [6.07, 6.45) is 5.27. The Morgan fingerprint density at radius 1 is 1.32 bits per heavy atom. The third kappa shape index (κ3) is 4.49. The second kappa shape index (κ2) is 8.13. The van der Waals surface area contributed by atoms with Gasteiger partial charge in [0.25, 0.3) is 5.91 Å². The van der Waals surface area contributed by atoms with Gasteiger partial charge >= 0.3 is 0 Å². The average Bonchev–Trinajstić information content (AvgIpc) is 3.19. The lowest BCUT2D eigenvalue weighted by atomic mass is 10.0. The van der Waals surface area contributed by atoms with Crippen LogP contribution in [0.3, 0.4) is 0 Å². The molecule has 1 aliphatic heterocycles. The summed E-state index contributed by atoms with van der Waals surface area (Å²) in [5.41, 5.74) is 2.26. The minimum Gasteiger partial charge on any atom is -0.335 e. The van der Waals surface area contributed by atoms with Gasteiger partial charge in [0, 0.05) is 19.0 Å². The van der Waals surface area contributed by atoms with Crippen LogP contribution in [-0.4, -0.2) is 28.4 Å². The first-order valence-electron chi connectivity index (χ1n) is 9.35. The number of hydrogen-bond donors (Lipinski definition) is 0. The van der Waals surface area contributed by atoms with Crippen LogP contribution in [0.2, 0.25) is 0 Å². The van der Waals surface area contributed by atoms with Gasteiger partial charge in [-0.1, -0.05) is 44.2 Å². The highest BCUT2D eigenvalue weighted by Crippen LogP contribution is 2.28. The number of aromatic nitrogens is 1. The molecule has 1 aromatic heterocycles. The number of rotatable bonds is 6. The Kier molecular flexibility index (Phi) is 5.89. The third-order valence-electron chi connectivity index (χ3n) is 4.87. The van der Waals surface area contributed by atoms with E-state index >= 15 is 0 Å². The second-order valence-corrected chi connectivity index (χ2v) is 8.52. The summed E-state index contributed by atoms with van der Waals surface area (Å²) >= 11 is 1.60. The van der Waals surface area contributed by atoms with Crippen LogP contribution in [0.25, 0.3) is 0 Å². The highest BCUT2D eigenvalue weighted by atomic mass is 32.1.